The molecule has 0 aliphatic rings. The molecule has 0 aliphatic heterocycles. The summed E-state index contributed by atoms with van der Waals surface area (Å²) in [5.74, 6) is 0.988. The van der Waals surface area contributed by atoms with Crippen LogP contribution in [-0.2, 0) is 6.42 Å². The van der Waals surface area contributed by atoms with E-state index in [9.17, 15) is 0 Å². The van der Waals surface area contributed by atoms with E-state index in [2.05, 4.69) is 31.8 Å². The number of ether oxygens (including phenoxy) is 1. The molecule has 0 amide bonds. The standard InChI is InChI=1S/C16H25NO/c1-4-9-14-10-7-8-11-16(14)18-15(6-3)13-17-12-5-2/h4,7-8,10-11,15,17H,1,5-6,9,12-13H2,2-3H3. The van der Waals surface area contributed by atoms with Crippen LogP contribution in [0.15, 0.2) is 36.9 Å². The fourth-order valence-corrected chi connectivity index (χ4v) is 1.83. The molecule has 1 aromatic carbocycles. The first-order valence-corrected chi connectivity index (χ1v) is 6.88. The molecule has 18 heavy (non-hydrogen) atoms. The van der Waals surface area contributed by atoms with Crippen LogP contribution in [0.4, 0.5) is 0 Å². The molecule has 1 rings (SSSR count). The first kappa shape index (κ1) is 14.8. The van der Waals surface area contributed by atoms with Gasteiger partial charge in [0.1, 0.15) is 11.9 Å². The van der Waals surface area contributed by atoms with E-state index in [-0.39, 0.29) is 6.10 Å². The number of hydrogen-bond donors (Lipinski definition) is 1. The van der Waals surface area contributed by atoms with Gasteiger partial charge in [0.05, 0.1) is 0 Å². The smallest absolute Gasteiger partial charge is 0.123 e. The van der Waals surface area contributed by atoms with Crippen molar-refractivity contribution in [1.29, 1.82) is 0 Å². The zero-order chi connectivity index (χ0) is 13.2. The van der Waals surface area contributed by atoms with Gasteiger partial charge >= 0.3 is 0 Å². The third kappa shape index (κ3) is 4.92. The van der Waals surface area contributed by atoms with Crippen molar-refractivity contribution in [3.63, 3.8) is 0 Å². The van der Waals surface area contributed by atoms with Crippen LogP contribution in [0.3, 0.4) is 0 Å². The van der Waals surface area contributed by atoms with Crippen molar-refractivity contribution in [1.82, 2.24) is 5.32 Å². The molecule has 0 aliphatic carbocycles. The second kappa shape index (κ2) is 8.76. The van der Waals surface area contributed by atoms with E-state index in [0.717, 1.165) is 38.1 Å². The molecular weight excluding hydrogens is 222 g/mol. The van der Waals surface area contributed by atoms with E-state index in [1.807, 2.05) is 24.3 Å². The summed E-state index contributed by atoms with van der Waals surface area (Å²) in [6, 6.07) is 8.21. The van der Waals surface area contributed by atoms with E-state index in [1.54, 1.807) is 0 Å². The number of rotatable bonds is 9. The Balaban J connectivity index is 2.59. The molecule has 0 fully saturated rings. The van der Waals surface area contributed by atoms with Crippen LogP contribution in [0, 0.1) is 0 Å². The average Bonchev–Trinajstić information content (AvgIpc) is 2.40. The molecule has 2 nitrogen and oxygen atoms in total. The third-order valence-electron chi connectivity index (χ3n) is 2.88. The van der Waals surface area contributed by atoms with Gasteiger partial charge in [-0.1, -0.05) is 38.1 Å². The highest BCUT2D eigenvalue weighted by Crippen LogP contribution is 2.20. The van der Waals surface area contributed by atoms with Gasteiger partial charge in [-0.05, 0) is 37.4 Å². The van der Waals surface area contributed by atoms with Gasteiger partial charge in [0, 0.05) is 6.54 Å². The molecule has 0 bridgehead atoms. The van der Waals surface area contributed by atoms with Gasteiger partial charge in [0.15, 0.2) is 0 Å². The van der Waals surface area contributed by atoms with E-state index >= 15 is 0 Å². The molecule has 0 radical (unpaired) electrons. The van der Waals surface area contributed by atoms with Crippen LogP contribution >= 0.6 is 0 Å². The monoisotopic (exact) mass is 247 g/mol. The number of allylic oxidation sites excluding steroid dienone is 1. The highest BCUT2D eigenvalue weighted by Gasteiger charge is 2.09. The molecule has 2 heteroatoms. The molecule has 1 atom stereocenters. The fraction of sp³-hybridized carbons (Fsp3) is 0.500. The minimum absolute atomic E-state index is 0.238. The molecular formula is C16H25NO. The van der Waals surface area contributed by atoms with Gasteiger partial charge in [-0.2, -0.15) is 0 Å². The minimum atomic E-state index is 0.238. The Morgan fingerprint density at radius 1 is 1.33 bits per heavy atom. The predicted molar refractivity (Wildman–Crippen MR) is 78.2 cm³/mol. The third-order valence-corrected chi connectivity index (χ3v) is 2.88. The SMILES string of the molecule is C=CCc1ccccc1OC(CC)CNCCC. The summed E-state index contributed by atoms with van der Waals surface area (Å²) in [5, 5.41) is 3.41. The summed E-state index contributed by atoms with van der Waals surface area (Å²) >= 11 is 0. The Bertz CT molecular complexity index is 349. The van der Waals surface area contributed by atoms with Crippen LogP contribution in [0.2, 0.25) is 0 Å². The number of para-hydroxylation sites is 1. The zero-order valence-corrected chi connectivity index (χ0v) is 11.6. The fourth-order valence-electron chi connectivity index (χ4n) is 1.83. The van der Waals surface area contributed by atoms with Crippen molar-refractivity contribution in [2.75, 3.05) is 13.1 Å². The van der Waals surface area contributed by atoms with Crippen LogP contribution in [-0.4, -0.2) is 19.2 Å². The summed E-state index contributed by atoms with van der Waals surface area (Å²) < 4.78 is 6.08. The lowest BCUT2D eigenvalue weighted by atomic mass is 10.1. The quantitative estimate of drug-likeness (QED) is 0.532. The molecule has 1 unspecified atom stereocenters. The summed E-state index contributed by atoms with van der Waals surface area (Å²) in [7, 11) is 0. The van der Waals surface area contributed by atoms with Gasteiger partial charge in [-0.25, -0.2) is 0 Å². The van der Waals surface area contributed by atoms with Gasteiger partial charge in [-0.15, -0.1) is 6.58 Å². The number of benzene rings is 1. The molecule has 0 spiro atoms. The first-order chi connectivity index (χ1) is 8.81. The maximum Gasteiger partial charge on any atom is 0.123 e. The Morgan fingerprint density at radius 3 is 2.78 bits per heavy atom. The topological polar surface area (TPSA) is 21.3 Å². The molecule has 0 saturated carbocycles. The highest BCUT2D eigenvalue weighted by atomic mass is 16.5. The second-order valence-electron chi connectivity index (χ2n) is 4.45. The first-order valence-electron chi connectivity index (χ1n) is 6.88. The van der Waals surface area contributed by atoms with Gasteiger partial charge in [0.25, 0.3) is 0 Å². The van der Waals surface area contributed by atoms with Crippen molar-refractivity contribution >= 4 is 0 Å². The molecule has 0 aromatic heterocycles. The Kier molecular flexibility index (Phi) is 7.19. The maximum atomic E-state index is 6.08. The molecule has 100 valence electrons. The second-order valence-corrected chi connectivity index (χ2v) is 4.45. The lowest BCUT2D eigenvalue weighted by molar-refractivity contribution is 0.192. The van der Waals surface area contributed by atoms with Crippen molar-refractivity contribution in [3.05, 3.63) is 42.5 Å². The van der Waals surface area contributed by atoms with Gasteiger partial charge < -0.3 is 10.1 Å². The molecule has 0 saturated heterocycles. The predicted octanol–water partition coefficient (Wildman–Crippen LogP) is 3.57. The average molecular weight is 247 g/mol. The van der Waals surface area contributed by atoms with Crippen LogP contribution in [0.5, 0.6) is 5.75 Å². The van der Waals surface area contributed by atoms with E-state index < -0.39 is 0 Å². The van der Waals surface area contributed by atoms with E-state index in [1.165, 1.54) is 5.56 Å². The molecule has 1 N–H and O–H groups in total. The van der Waals surface area contributed by atoms with Crippen LogP contribution in [0.25, 0.3) is 0 Å². The lowest BCUT2D eigenvalue weighted by Gasteiger charge is -2.20. The Hall–Kier alpha value is -1.28. The largest absolute Gasteiger partial charge is 0.489 e. The summed E-state index contributed by atoms with van der Waals surface area (Å²) in [6.45, 7) is 10.1. The zero-order valence-electron chi connectivity index (χ0n) is 11.6. The highest BCUT2D eigenvalue weighted by molar-refractivity contribution is 5.34. The van der Waals surface area contributed by atoms with Crippen molar-refractivity contribution in [2.24, 2.45) is 0 Å². The van der Waals surface area contributed by atoms with Crippen molar-refractivity contribution in [2.45, 2.75) is 39.2 Å². The Morgan fingerprint density at radius 2 is 2.11 bits per heavy atom. The Labute approximate surface area is 111 Å². The van der Waals surface area contributed by atoms with Gasteiger partial charge in [0.2, 0.25) is 0 Å². The van der Waals surface area contributed by atoms with E-state index in [0.29, 0.717) is 0 Å². The van der Waals surface area contributed by atoms with E-state index in [4.69, 9.17) is 4.74 Å². The summed E-state index contributed by atoms with van der Waals surface area (Å²) in [5.41, 5.74) is 1.21. The minimum Gasteiger partial charge on any atom is -0.489 e. The number of nitrogens with one attached hydrogen (secondary N) is 1. The van der Waals surface area contributed by atoms with Crippen LogP contribution < -0.4 is 10.1 Å². The normalized spacial score (nSPS) is 12.1. The van der Waals surface area contributed by atoms with Crippen LogP contribution in [0.1, 0.15) is 32.3 Å². The number of hydrogen-bond acceptors (Lipinski definition) is 2. The van der Waals surface area contributed by atoms with Crippen molar-refractivity contribution in [3.8, 4) is 5.75 Å². The summed E-state index contributed by atoms with van der Waals surface area (Å²) in [6.07, 6.45) is 5.18. The van der Waals surface area contributed by atoms with Crippen molar-refractivity contribution < 1.29 is 4.74 Å². The maximum absolute atomic E-state index is 6.08. The summed E-state index contributed by atoms with van der Waals surface area (Å²) in [4.78, 5) is 0. The lowest BCUT2D eigenvalue weighted by Crippen LogP contribution is -2.31. The molecule has 0 heterocycles. The van der Waals surface area contributed by atoms with Gasteiger partial charge in [-0.3, -0.25) is 0 Å². The molecule has 1 aromatic rings.